The Labute approximate surface area is 91.9 Å². The van der Waals surface area contributed by atoms with Gasteiger partial charge in [0, 0.05) is 18.2 Å². The Kier molecular flexibility index (Phi) is 3.91. The van der Waals surface area contributed by atoms with Gasteiger partial charge in [-0.05, 0) is 18.3 Å². The molecule has 0 aromatic carbocycles. The minimum absolute atomic E-state index is 0.214. The molecule has 0 saturated heterocycles. The minimum atomic E-state index is -0.214. The van der Waals surface area contributed by atoms with Crippen LogP contribution in [0.25, 0.3) is 0 Å². The molecule has 0 amide bonds. The highest BCUT2D eigenvalue weighted by molar-refractivity contribution is 5.88. The predicted molar refractivity (Wildman–Crippen MR) is 60.6 cm³/mol. The Balaban J connectivity index is 2.32. The number of ether oxygens (including phenoxy) is 1. The molecule has 1 aliphatic carbocycles. The molecule has 1 N–H and O–H groups in total. The van der Waals surface area contributed by atoms with E-state index in [1.54, 1.807) is 0 Å². The summed E-state index contributed by atoms with van der Waals surface area (Å²) in [6.45, 7) is 7.21. The van der Waals surface area contributed by atoms with Crippen molar-refractivity contribution in [3.05, 3.63) is 11.6 Å². The summed E-state index contributed by atoms with van der Waals surface area (Å²) in [5.74, 6) is -0.214. The number of methoxy groups -OCH3 is 1. The van der Waals surface area contributed by atoms with E-state index in [-0.39, 0.29) is 5.97 Å². The van der Waals surface area contributed by atoms with Crippen molar-refractivity contribution in [2.45, 2.75) is 39.7 Å². The number of hydrogen-bond donors (Lipinski definition) is 1. The van der Waals surface area contributed by atoms with E-state index in [1.165, 1.54) is 13.5 Å². The van der Waals surface area contributed by atoms with Gasteiger partial charge in [-0.2, -0.15) is 0 Å². The summed E-state index contributed by atoms with van der Waals surface area (Å²) in [5, 5.41) is 3.41. The van der Waals surface area contributed by atoms with Gasteiger partial charge in [-0.1, -0.05) is 26.8 Å². The van der Waals surface area contributed by atoms with Crippen molar-refractivity contribution in [2.24, 2.45) is 5.41 Å². The molecule has 1 rings (SSSR count). The third-order valence-electron chi connectivity index (χ3n) is 3.05. The van der Waals surface area contributed by atoms with Crippen LogP contribution < -0.4 is 5.32 Å². The summed E-state index contributed by atoms with van der Waals surface area (Å²) in [5.41, 5.74) is 1.19. The van der Waals surface area contributed by atoms with Gasteiger partial charge in [-0.15, -0.1) is 0 Å². The fourth-order valence-corrected chi connectivity index (χ4v) is 1.64. The molecule has 0 aromatic heterocycles. The van der Waals surface area contributed by atoms with Crippen molar-refractivity contribution < 1.29 is 9.53 Å². The van der Waals surface area contributed by atoms with Gasteiger partial charge < -0.3 is 10.1 Å². The van der Waals surface area contributed by atoms with E-state index < -0.39 is 0 Å². The molecule has 0 spiro atoms. The predicted octanol–water partition coefficient (Wildman–Crippen LogP) is 1.88. The van der Waals surface area contributed by atoms with Crippen LogP contribution in [0.1, 0.15) is 33.6 Å². The van der Waals surface area contributed by atoms with Crippen molar-refractivity contribution in [1.29, 1.82) is 0 Å². The molecule has 0 aliphatic heterocycles. The van der Waals surface area contributed by atoms with Crippen molar-refractivity contribution in [3.63, 3.8) is 0 Å². The first kappa shape index (κ1) is 12.2. The van der Waals surface area contributed by atoms with Crippen LogP contribution in [0, 0.1) is 5.41 Å². The third-order valence-corrected chi connectivity index (χ3v) is 3.05. The second-order valence-electron chi connectivity index (χ2n) is 4.73. The third kappa shape index (κ3) is 3.34. The van der Waals surface area contributed by atoms with E-state index in [2.05, 4.69) is 23.9 Å². The highest BCUT2D eigenvalue weighted by Crippen LogP contribution is 2.44. The zero-order valence-corrected chi connectivity index (χ0v) is 10.1. The molecule has 3 nitrogen and oxygen atoms in total. The lowest BCUT2D eigenvalue weighted by Gasteiger charge is -2.05. The molecule has 1 saturated carbocycles. The van der Waals surface area contributed by atoms with Crippen molar-refractivity contribution in [3.8, 4) is 0 Å². The molecule has 1 atom stereocenters. The van der Waals surface area contributed by atoms with E-state index in [0.29, 0.717) is 11.5 Å². The molecule has 86 valence electrons. The van der Waals surface area contributed by atoms with Gasteiger partial charge in [0.05, 0.1) is 7.11 Å². The van der Waals surface area contributed by atoms with Crippen LogP contribution in [0.3, 0.4) is 0 Å². The van der Waals surface area contributed by atoms with Crippen LogP contribution in [0.2, 0.25) is 0 Å². The van der Waals surface area contributed by atoms with Crippen molar-refractivity contribution in [1.82, 2.24) is 5.32 Å². The highest BCUT2D eigenvalue weighted by atomic mass is 16.5. The first-order valence-electron chi connectivity index (χ1n) is 5.52. The number of esters is 1. The van der Waals surface area contributed by atoms with Crippen LogP contribution in [0.4, 0.5) is 0 Å². The SMILES string of the molecule is CCC(=CCNC1CC1(C)C)C(=O)OC. The van der Waals surface area contributed by atoms with E-state index in [1.807, 2.05) is 13.0 Å². The summed E-state index contributed by atoms with van der Waals surface area (Å²) in [6, 6.07) is 0.601. The van der Waals surface area contributed by atoms with Gasteiger partial charge in [0.2, 0.25) is 0 Å². The smallest absolute Gasteiger partial charge is 0.333 e. The molecule has 15 heavy (non-hydrogen) atoms. The standard InChI is InChI=1S/C12H21NO2/c1-5-9(11(14)15-4)6-7-13-10-8-12(10,2)3/h6,10,13H,5,7-8H2,1-4H3. The molecule has 1 fully saturated rings. The molecular formula is C12H21NO2. The van der Waals surface area contributed by atoms with E-state index >= 15 is 0 Å². The largest absolute Gasteiger partial charge is 0.466 e. The lowest BCUT2D eigenvalue weighted by Crippen LogP contribution is -2.21. The van der Waals surface area contributed by atoms with Crippen LogP contribution in [0.5, 0.6) is 0 Å². The van der Waals surface area contributed by atoms with E-state index in [4.69, 9.17) is 0 Å². The molecule has 3 heteroatoms. The second kappa shape index (κ2) is 4.79. The van der Waals surface area contributed by atoms with Crippen molar-refractivity contribution in [2.75, 3.05) is 13.7 Å². The van der Waals surface area contributed by atoms with Crippen molar-refractivity contribution >= 4 is 5.97 Å². The van der Waals surface area contributed by atoms with Crippen LogP contribution >= 0.6 is 0 Å². The maximum atomic E-state index is 11.2. The molecule has 0 heterocycles. The topological polar surface area (TPSA) is 38.3 Å². The van der Waals surface area contributed by atoms with Crippen LogP contribution in [-0.4, -0.2) is 25.7 Å². The summed E-state index contributed by atoms with van der Waals surface area (Å²) >= 11 is 0. The summed E-state index contributed by atoms with van der Waals surface area (Å²) in [7, 11) is 1.42. The van der Waals surface area contributed by atoms with E-state index in [0.717, 1.165) is 18.5 Å². The summed E-state index contributed by atoms with van der Waals surface area (Å²) < 4.78 is 4.68. The average Bonchev–Trinajstić information content (AvgIpc) is 2.80. The van der Waals surface area contributed by atoms with Gasteiger partial charge in [0.15, 0.2) is 0 Å². The van der Waals surface area contributed by atoms with Crippen LogP contribution in [0.15, 0.2) is 11.6 Å². The fraction of sp³-hybridized carbons (Fsp3) is 0.750. The fourth-order valence-electron chi connectivity index (χ4n) is 1.64. The quantitative estimate of drug-likeness (QED) is 0.557. The number of rotatable bonds is 5. The molecular weight excluding hydrogens is 190 g/mol. The average molecular weight is 211 g/mol. The van der Waals surface area contributed by atoms with Gasteiger partial charge in [0.25, 0.3) is 0 Å². The Hall–Kier alpha value is -0.830. The molecule has 0 aromatic rings. The van der Waals surface area contributed by atoms with Gasteiger partial charge in [-0.3, -0.25) is 0 Å². The first-order chi connectivity index (χ1) is 7.01. The zero-order chi connectivity index (χ0) is 11.5. The number of carbonyl (C=O) groups excluding carboxylic acids is 1. The Morgan fingerprint density at radius 2 is 2.20 bits per heavy atom. The first-order valence-corrected chi connectivity index (χ1v) is 5.52. The number of nitrogens with one attached hydrogen (secondary N) is 1. The van der Waals surface area contributed by atoms with Gasteiger partial charge in [-0.25, -0.2) is 4.79 Å². The minimum Gasteiger partial charge on any atom is -0.466 e. The maximum absolute atomic E-state index is 11.2. The summed E-state index contributed by atoms with van der Waals surface area (Å²) in [6.07, 6.45) is 3.88. The van der Waals surface area contributed by atoms with Crippen LogP contribution in [-0.2, 0) is 9.53 Å². The monoisotopic (exact) mass is 211 g/mol. The Morgan fingerprint density at radius 3 is 2.60 bits per heavy atom. The number of carbonyl (C=O) groups is 1. The normalized spacial score (nSPS) is 23.7. The van der Waals surface area contributed by atoms with Gasteiger partial charge in [0.1, 0.15) is 0 Å². The molecule has 1 unspecified atom stereocenters. The lowest BCUT2D eigenvalue weighted by atomic mass is 10.2. The lowest BCUT2D eigenvalue weighted by molar-refractivity contribution is -0.136. The maximum Gasteiger partial charge on any atom is 0.333 e. The Bertz CT molecular complexity index is 269. The number of hydrogen-bond acceptors (Lipinski definition) is 3. The summed E-state index contributed by atoms with van der Waals surface area (Å²) in [4.78, 5) is 11.2. The Morgan fingerprint density at radius 1 is 1.60 bits per heavy atom. The molecule has 0 bridgehead atoms. The van der Waals surface area contributed by atoms with E-state index in [9.17, 15) is 4.79 Å². The second-order valence-corrected chi connectivity index (χ2v) is 4.73. The highest BCUT2D eigenvalue weighted by Gasteiger charge is 2.44. The zero-order valence-electron chi connectivity index (χ0n) is 10.1. The molecule has 0 radical (unpaired) electrons. The molecule has 1 aliphatic rings. The van der Waals surface area contributed by atoms with Gasteiger partial charge >= 0.3 is 5.97 Å².